The molecule has 0 heterocycles. The van der Waals surface area contributed by atoms with Crippen LogP contribution in [0.25, 0.3) is 0 Å². The highest BCUT2D eigenvalue weighted by molar-refractivity contribution is 7.92. The summed E-state index contributed by atoms with van der Waals surface area (Å²) in [4.78, 5) is 29.1. The third-order valence-corrected chi connectivity index (χ3v) is 8.85. The molecule has 230 valence electrons. The van der Waals surface area contributed by atoms with Gasteiger partial charge in [0.25, 0.3) is 10.0 Å². The Morgan fingerprint density at radius 1 is 0.841 bits per heavy atom. The van der Waals surface area contributed by atoms with Crippen molar-refractivity contribution in [3.8, 4) is 0 Å². The summed E-state index contributed by atoms with van der Waals surface area (Å²) in [6.45, 7) is 2.72. The first-order valence-electron chi connectivity index (χ1n) is 13.9. The van der Waals surface area contributed by atoms with Gasteiger partial charge in [-0.2, -0.15) is 0 Å². The summed E-state index contributed by atoms with van der Waals surface area (Å²) in [5.74, 6) is -2.39. The predicted molar refractivity (Wildman–Crippen MR) is 167 cm³/mol. The molecule has 0 bridgehead atoms. The molecule has 7 nitrogen and oxygen atoms in total. The summed E-state index contributed by atoms with van der Waals surface area (Å²) in [6, 6.07) is 24.1. The van der Waals surface area contributed by atoms with Crippen LogP contribution in [-0.4, -0.2) is 43.8 Å². The number of nitrogens with zero attached hydrogens (tertiary/aromatic N) is 2. The van der Waals surface area contributed by atoms with Crippen LogP contribution < -0.4 is 9.62 Å². The number of amides is 2. The van der Waals surface area contributed by atoms with Crippen LogP contribution in [0.2, 0.25) is 5.02 Å². The zero-order valence-electron chi connectivity index (χ0n) is 24.2. The minimum Gasteiger partial charge on any atom is -0.352 e. The molecule has 4 aromatic rings. The van der Waals surface area contributed by atoms with Gasteiger partial charge in [0.1, 0.15) is 24.2 Å². The molecule has 0 fully saturated rings. The van der Waals surface area contributed by atoms with Gasteiger partial charge in [0, 0.05) is 19.0 Å². The number of hydrogen-bond acceptors (Lipinski definition) is 4. The standard InChI is InChI=1S/C33H32ClF2N3O4S/c1-23(2)37-33(41)31(19-24-9-5-3-6-10-24)38(21-25-13-15-26(35)16-14-25)32(40)22-39(27-17-18-30(36)29(34)20-27)44(42,43)28-11-7-4-8-12-28/h3-18,20,23,31H,19,21-22H2,1-2H3,(H,37,41)/t31-/m0/s1. The molecule has 44 heavy (non-hydrogen) atoms. The summed E-state index contributed by atoms with van der Waals surface area (Å²) in [7, 11) is -4.36. The number of halogens is 3. The zero-order chi connectivity index (χ0) is 31.9. The minimum absolute atomic E-state index is 0.0402. The van der Waals surface area contributed by atoms with E-state index in [2.05, 4.69) is 5.32 Å². The monoisotopic (exact) mass is 639 g/mol. The Kier molecular flexibility index (Phi) is 10.7. The van der Waals surface area contributed by atoms with Gasteiger partial charge in [-0.15, -0.1) is 0 Å². The average molecular weight is 640 g/mol. The number of rotatable bonds is 12. The Hall–Kier alpha value is -4.28. The van der Waals surface area contributed by atoms with Crippen LogP contribution in [0.3, 0.4) is 0 Å². The fourth-order valence-corrected chi connectivity index (χ4v) is 6.21. The van der Waals surface area contributed by atoms with E-state index < -0.39 is 46.1 Å². The molecule has 0 saturated heterocycles. The minimum atomic E-state index is -4.36. The Labute approximate surface area is 261 Å². The van der Waals surface area contributed by atoms with E-state index in [4.69, 9.17) is 11.6 Å². The fraction of sp³-hybridized carbons (Fsp3) is 0.212. The van der Waals surface area contributed by atoms with Crippen molar-refractivity contribution in [2.45, 2.75) is 43.8 Å². The number of carbonyl (C=O) groups is 2. The maximum Gasteiger partial charge on any atom is 0.264 e. The van der Waals surface area contributed by atoms with Crippen molar-refractivity contribution in [1.82, 2.24) is 10.2 Å². The lowest BCUT2D eigenvalue weighted by Crippen LogP contribution is -2.54. The second kappa shape index (κ2) is 14.5. The second-order valence-corrected chi connectivity index (χ2v) is 12.7. The molecular formula is C33H32ClF2N3O4S. The van der Waals surface area contributed by atoms with Crippen LogP contribution in [0.15, 0.2) is 108 Å². The highest BCUT2D eigenvalue weighted by Crippen LogP contribution is 2.28. The Bertz CT molecular complexity index is 1690. The quantitative estimate of drug-likeness (QED) is 0.207. The molecule has 0 saturated carbocycles. The van der Waals surface area contributed by atoms with Crippen molar-refractivity contribution in [3.63, 3.8) is 0 Å². The Balaban J connectivity index is 1.81. The van der Waals surface area contributed by atoms with Gasteiger partial charge in [-0.05, 0) is 67.4 Å². The predicted octanol–water partition coefficient (Wildman–Crippen LogP) is 5.98. The molecule has 0 aromatic heterocycles. The van der Waals surface area contributed by atoms with E-state index in [0.29, 0.717) is 5.56 Å². The molecule has 11 heteroatoms. The van der Waals surface area contributed by atoms with E-state index in [-0.39, 0.29) is 34.6 Å². The molecule has 0 spiro atoms. The van der Waals surface area contributed by atoms with Crippen LogP contribution in [-0.2, 0) is 32.6 Å². The van der Waals surface area contributed by atoms with Gasteiger partial charge in [0.05, 0.1) is 15.6 Å². The third kappa shape index (κ3) is 8.21. The van der Waals surface area contributed by atoms with Crippen LogP contribution >= 0.6 is 11.6 Å². The summed E-state index contributed by atoms with van der Waals surface area (Å²) in [5, 5.41) is 2.54. The molecule has 0 aliphatic heterocycles. The number of sulfonamides is 1. The molecule has 1 atom stereocenters. The van der Waals surface area contributed by atoms with Crippen LogP contribution in [0, 0.1) is 11.6 Å². The van der Waals surface area contributed by atoms with E-state index in [9.17, 15) is 26.8 Å². The number of nitrogens with one attached hydrogen (secondary N) is 1. The molecule has 2 amide bonds. The first kappa shape index (κ1) is 32.6. The van der Waals surface area contributed by atoms with E-state index >= 15 is 0 Å². The molecule has 4 rings (SSSR count). The van der Waals surface area contributed by atoms with Crippen LogP contribution in [0.4, 0.5) is 14.5 Å². The number of carbonyl (C=O) groups excluding carboxylic acids is 2. The molecule has 0 unspecified atom stereocenters. The second-order valence-electron chi connectivity index (χ2n) is 10.4. The SMILES string of the molecule is CC(C)NC(=O)[C@H](Cc1ccccc1)N(Cc1ccc(F)cc1)C(=O)CN(c1ccc(F)c(Cl)c1)S(=O)(=O)c1ccccc1. The highest BCUT2D eigenvalue weighted by atomic mass is 35.5. The summed E-state index contributed by atoms with van der Waals surface area (Å²) >= 11 is 6.03. The first-order valence-corrected chi connectivity index (χ1v) is 15.7. The van der Waals surface area contributed by atoms with Crippen molar-refractivity contribution < 1.29 is 26.8 Å². The molecule has 0 aliphatic carbocycles. The van der Waals surface area contributed by atoms with Crippen LogP contribution in [0.1, 0.15) is 25.0 Å². The smallest absolute Gasteiger partial charge is 0.264 e. The van der Waals surface area contributed by atoms with Gasteiger partial charge in [-0.25, -0.2) is 17.2 Å². The maximum atomic E-state index is 14.3. The first-order chi connectivity index (χ1) is 21.0. The zero-order valence-corrected chi connectivity index (χ0v) is 25.7. The largest absolute Gasteiger partial charge is 0.352 e. The average Bonchev–Trinajstić information content (AvgIpc) is 3.00. The maximum absolute atomic E-state index is 14.3. The summed E-state index contributed by atoms with van der Waals surface area (Å²) in [5.41, 5.74) is 1.26. The number of benzene rings is 4. The molecular weight excluding hydrogens is 608 g/mol. The Morgan fingerprint density at radius 3 is 2.05 bits per heavy atom. The fourth-order valence-electron chi connectivity index (χ4n) is 4.61. The van der Waals surface area contributed by atoms with E-state index in [1.165, 1.54) is 59.5 Å². The molecule has 0 radical (unpaired) electrons. The van der Waals surface area contributed by atoms with Gasteiger partial charge in [0.15, 0.2) is 0 Å². The number of hydrogen-bond donors (Lipinski definition) is 1. The summed E-state index contributed by atoms with van der Waals surface area (Å²) in [6.07, 6.45) is 0.125. The van der Waals surface area contributed by atoms with E-state index in [0.717, 1.165) is 22.0 Å². The molecule has 0 aliphatic rings. The third-order valence-electron chi connectivity index (χ3n) is 6.77. The lowest BCUT2D eigenvalue weighted by molar-refractivity contribution is -0.140. The molecule has 1 N–H and O–H groups in total. The van der Waals surface area contributed by atoms with Crippen molar-refractivity contribution in [3.05, 3.63) is 131 Å². The van der Waals surface area contributed by atoms with Crippen molar-refractivity contribution in [2.75, 3.05) is 10.8 Å². The lowest BCUT2D eigenvalue weighted by atomic mass is 10.0. The van der Waals surface area contributed by atoms with Crippen molar-refractivity contribution >= 4 is 39.1 Å². The van der Waals surface area contributed by atoms with Gasteiger partial charge < -0.3 is 10.2 Å². The van der Waals surface area contributed by atoms with Gasteiger partial charge in [-0.1, -0.05) is 72.3 Å². The molecule has 4 aromatic carbocycles. The number of anilines is 1. The van der Waals surface area contributed by atoms with Gasteiger partial charge in [-0.3, -0.25) is 13.9 Å². The topological polar surface area (TPSA) is 86.8 Å². The van der Waals surface area contributed by atoms with Crippen molar-refractivity contribution in [1.29, 1.82) is 0 Å². The highest BCUT2D eigenvalue weighted by Gasteiger charge is 2.35. The normalized spacial score (nSPS) is 12.0. The van der Waals surface area contributed by atoms with Crippen LogP contribution in [0.5, 0.6) is 0 Å². The Morgan fingerprint density at radius 2 is 1.45 bits per heavy atom. The van der Waals surface area contributed by atoms with Gasteiger partial charge >= 0.3 is 0 Å². The lowest BCUT2D eigenvalue weighted by Gasteiger charge is -2.34. The van der Waals surface area contributed by atoms with E-state index in [1.54, 1.807) is 19.9 Å². The van der Waals surface area contributed by atoms with E-state index in [1.807, 2.05) is 30.3 Å². The van der Waals surface area contributed by atoms with Gasteiger partial charge in [0.2, 0.25) is 11.8 Å². The summed E-state index contributed by atoms with van der Waals surface area (Å²) < 4.78 is 56.5. The van der Waals surface area contributed by atoms with Crippen molar-refractivity contribution in [2.24, 2.45) is 0 Å².